The van der Waals surface area contributed by atoms with E-state index in [1.807, 2.05) is 0 Å². The third kappa shape index (κ3) is 4.84. The molecule has 0 aromatic heterocycles. The first-order valence-corrected chi connectivity index (χ1v) is 7.91. The molecule has 1 aliphatic rings. The molecule has 0 aromatic rings. The van der Waals surface area contributed by atoms with Gasteiger partial charge in [-0.15, -0.1) is 0 Å². The Morgan fingerprint density at radius 1 is 1.40 bits per heavy atom. The van der Waals surface area contributed by atoms with Gasteiger partial charge < -0.3 is 17.2 Å². The number of rotatable bonds is 6. The van der Waals surface area contributed by atoms with Gasteiger partial charge in [0.1, 0.15) is 5.57 Å². The first-order chi connectivity index (χ1) is 11.5. The van der Waals surface area contributed by atoms with Gasteiger partial charge in [-0.3, -0.25) is 4.79 Å². The molecule has 0 aliphatic heterocycles. The van der Waals surface area contributed by atoms with Gasteiger partial charge >= 0.3 is 6.18 Å². The molecule has 1 aliphatic carbocycles. The highest BCUT2D eigenvalue weighted by Crippen LogP contribution is 2.37. The summed E-state index contributed by atoms with van der Waals surface area (Å²) in [5, 5.41) is -0.0305. The molecular weight excluding hydrogens is 355 g/mol. The van der Waals surface area contributed by atoms with E-state index in [0.29, 0.717) is 12.5 Å². The SMILES string of the molecule is C=C1C=CC(N)(CCC)C(C(=O)C(=C/C=C(/Cl)CN)C(F)(F)F)=C1N. The van der Waals surface area contributed by atoms with Crippen molar-refractivity contribution in [3.05, 3.63) is 58.3 Å². The van der Waals surface area contributed by atoms with E-state index in [2.05, 4.69) is 6.58 Å². The summed E-state index contributed by atoms with van der Waals surface area (Å²) < 4.78 is 40.2. The third-order valence-corrected chi connectivity index (χ3v) is 4.01. The van der Waals surface area contributed by atoms with Crippen LogP contribution in [0.3, 0.4) is 0 Å². The van der Waals surface area contributed by atoms with Crippen LogP contribution in [0.2, 0.25) is 0 Å². The number of allylic oxidation sites excluding steroid dienone is 4. The summed E-state index contributed by atoms with van der Waals surface area (Å²) in [6, 6.07) is 0. The van der Waals surface area contributed by atoms with E-state index in [9.17, 15) is 18.0 Å². The van der Waals surface area contributed by atoms with Crippen LogP contribution in [0.5, 0.6) is 0 Å². The predicted octanol–water partition coefficient (Wildman–Crippen LogP) is 2.96. The standard InChI is InChI=1S/C17H21ClF3N3O/c1-3-7-16(24)8-6-10(2)14(23)13(16)15(25)12(17(19,20)21)5-4-11(18)9-22/h4-6,8H,2-3,7,9,22-24H2,1H3/b11-4+,12-5?. The number of nitrogens with two attached hydrogens (primary N) is 3. The molecule has 0 saturated carbocycles. The van der Waals surface area contributed by atoms with E-state index >= 15 is 0 Å². The largest absolute Gasteiger partial charge is 0.420 e. The topological polar surface area (TPSA) is 95.1 Å². The average Bonchev–Trinajstić information content (AvgIpc) is 2.50. The summed E-state index contributed by atoms with van der Waals surface area (Å²) in [5.41, 5.74) is 14.2. The van der Waals surface area contributed by atoms with Crippen LogP contribution < -0.4 is 17.2 Å². The third-order valence-electron chi connectivity index (χ3n) is 3.73. The Kier molecular flexibility index (Phi) is 6.82. The maximum atomic E-state index is 13.4. The minimum atomic E-state index is -4.91. The number of hydrogen-bond acceptors (Lipinski definition) is 4. The summed E-state index contributed by atoms with van der Waals surface area (Å²) in [6.07, 6.45) is 0.367. The van der Waals surface area contributed by atoms with Crippen molar-refractivity contribution in [2.75, 3.05) is 6.54 Å². The lowest BCUT2D eigenvalue weighted by atomic mass is 9.76. The Hall–Kier alpha value is -1.83. The van der Waals surface area contributed by atoms with Gasteiger partial charge in [-0.25, -0.2) is 0 Å². The number of carbonyl (C=O) groups is 1. The highest BCUT2D eigenvalue weighted by atomic mass is 35.5. The Balaban J connectivity index is 3.53. The van der Waals surface area contributed by atoms with Crippen molar-refractivity contribution in [3.63, 3.8) is 0 Å². The van der Waals surface area contributed by atoms with E-state index in [-0.39, 0.29) is 34.8 Å². The average molecular weight is 376 g/mol. The lowest BCUT2D eigenvalue weighted by molar-refractivity contribution is -0.126. The lowest BCUT2D eigenvalue weighted by Gasteiger charge is -2.33. The fraction of sp³-hybridized carbons (Fsp3) is 0.353. The van der Waals surface area contributed by atoms with Crippen molar-refractivity contribution >= 4 is 17.4 Å². The van der Waals surface area contributed by atoms with Crippen molar-refractivity contribution in [1.29, 1.82) is 0 Å². The first-order valence-electron chi connectivity index (χ1n) is 7.53. The van der Waals surface area contributed by atoms with Crippen LogP contribution in [0.1, 0.15) is 19.8 Å². The number of Topliss-reactive ketones (excluding diaryl/α,β-unsaturated/α-hetero) is 1. The van der Waals surface area contributed by atoms with Gasteiger partial charge in [-0.1, -0.05) is 43.7 Å². The number of alkyl halides is 3. The first kappa shape index (κ1) is 21.2. The van der Waals surface area contributed by atoms with Gasteiger partial charge in [0.25, 0.3) is 0 Å². The van der Waals surface area contributed by atoms with Crippen LogP contribution in [0.15, 0.2) is 58.3 Å². The van der Waals surface area contributed by atoms with E-state index in [1.165, 1.54) is 12.2 Å². The molecule has 0 radical (unpaired) electrons. The van der Waals surface area contributed by atoms with E-state index in [0.717, 1.165) is 6.08 Å². The molecule has 4 nitrogen and oxygen atoms in total. The van der Waals surface area contributed by atoms with Crippen molar-refractivity contribution in [2.24, 2.45) is 17.2 Å². The molecule has 1 unspecified atom stereocenters. The Morgan fingerprint density at radius 3 is 2.48 bits per heavy atom. The molecule has 1 rings (SSSR count). The van der Waals surface area contributed by atoms with Gasteiger partial charge in [0.05, 0.1) is 5.54 Å². The molecule has 25 heavy (non-hydrogen) atoms. The highest BCUT2D eigenvalue weighted by Gasteiger charge is 2.45. The van der Waals surface area contributed by atoms with Gasteiger partial charge in [-0.2, -0.15) is 13.2 Å². The van der Waals surface area contributed by atoms with Crippen molar-refractivity contribution < 1.29 is 18.0 Å². The molecule has 138 valence electrons. The quantitative estimate of drug-likeness (QED) is 0.491. The second kappa shape index (κ2) is 8.03. The molecule has 0 aromatic carbocycles. The summed E-state index contributed by atoms with van der Waals surface area (Å²) in [6.45, 7) is 5.28. The van der Waals surface area contributed by atoms with E-state index in [4.69, 9.17) is 28.8 Å². The van der Waals surface area contributed by atoms with E-state index in [1.54, 1.807) is 6.92 Å². The molecule has 0 bridgehead atoms. The zero-order valence-corrected chi connectivity index (χ0v) is 14.5. The zero-order valence-electron chi connectivity index (χ0n) is 13.8. The van der Waals surface area contributed by atoms with Gasteiger partial charge in [0.2, 0.25) is 0 Å². The molecule has 0 spiro atoms. The highest BCUT2D eigenvalue weighted by molar-refractivity contribution is 6.30. The number of halogens is 4. The summed E-state index contributed by atoms with van der Waals surface area (Å²) >= 11 is 5.63. The van der Waals surface area contributed by atoms with Crippen LogP contribution in [0.4, 0.5) is 13.2 Å². The van der Waals surface area contributed by atoms with Crippen LogP contribution in [0, 0.1) is 0 Å². The Bertz CT molecular complexity index is 690. The van der Waals surface area contributed by atoms with Crippen molar-refractivity contribution in [3.8, 4) is 0 Å². The molecule has 8 heteroatoms. The Labute approximate surface area is 149 Å². The molecule has 0 amide bonds. The number of carbonyl (C=O) groups excluding carboxylic acids is 1. The summed E-state index contributed by atoms with van der Waals surface area (Å²) in [5.74, 6) is -1.30. The molecular formula is C17H21ClF3N3O. The lowest BCUT2D eigenvalue weighted by Crippen LogP contribution is -2.47. The van der Waals surface area contributed by atoms with Crippen molar-refractivity contribution in [1.82, 2.24) is 0 Å². The van der Waals surface area contributed by atoms with Crippen LogP contribution in [-0.4, -0.2) is 24.0 Å². The van der Waals surface area contributed by atoms with Crippen LogP contribution >= 0.6 is 11.6 Å². The minimum Gasteiger partial charge on any atom is -0.398 e. The van der Waals surface area contributed by atoms with Gasteiger partial charge in [0.15, 0.2) is 5.78 Å². The second-order valence-electron chi connectivity index (χ2n) is 5.66. The molecule has 0 fully saturated rings. The number of hydrogen-bond donors (Lipinski definition) is 3. The number of ketones is 1. The monoisotopic (exact) mass is 375 g/mol. The van der Waals surface area contributed by atoms with Crippen LogP contribution in [-0.2, 0) is 4.79 Å². The minimum absolute atomic E-state index is 0.0305. The molecule has 1 atom stereocenters. The van der Waals surface area contributed by atoms with Crippen LogP contribution in [0.25, 0.3) is 0 Å². The smallest absolute Gasteiger partial charge is 0.398 e. The normalized spacial score (nSPS) is 22.6. The van der Waals surface area contributed by atoms with Gasteiger partial charge in [-0.05, 0) is 24.1 Å². The fourth-order valence-electron chi connectivity index (χ4n) is 2.46. The molecule has 0 heterocycles. The summed E-state index contributed by atoms with van der Waals surface area (Å²) in [7, 11) is 0. The maximum absolute atomic E-state index is 13.4. The molecule has 0 saturated heterocycles. The summed E-state index contributed by atoms with van der Waals surface area (Å²) in [4.78, 5) is 12.7. The second-order valence-corrected chi connectivity index (χ2v) is 6.15. The van der Waals surface area contributed by atoms with Gasteiger partial charge in [0, 0.05) is 22.8 Å². The molecule has 6 N–H and O–H groups in total. The predicted molar refractivity (Wildman–Crippen MR) is 93.5 cm³/mol. The van der Waals surface area contributed by atoms with E-state index < -0.39 is 23.1 Å². The Morgan fingerprint density at radius 2 is 2.00 bits per heavy atom. The fourth-order valence-corrected chi connectivity index (χ4v) is 2.53. The maximum Gasteiger partial charge on any atom is 0.420 e. The van der Waals surface area contributed by atoms with Crippen molar-refractivity contribution in [2.45, 2.75) is 31.5 Å². The zero-order chi connectivity index (χ0) is 19.4.